The van der Waals surface area contributed by atoms with E-state index in [1.807, 2.05) is 18.2 Å². The van der Waals surface area contributed by atoms with E-state index >= 15 is 0 Å². The first-order chi connectivity index (χ1) is 9.10. The van der Waals surface area contributed by atoms with E-state index in [1.54, 1.807) is 0 Å². The van der Waals surface area contributed by atoms with Crippen molar-refractivity contribution in [2.45, 2.75) is 25.9 Å². The third-order valence-electron chi connectivity index (χ3n) is 3.64. The van der Waals surface area contributed by atoms with Crippen LogP contribution >= 0.6 is 15.9 Å². The number of carbonyl (C=O) groups is 1. The van der Waals surface area contributed by atoms with Gasteiger partial charge < -0.3 is 15.7 Å². The zero-order chi connectivity index (χ0) is 13.8. The number of primary amides is 1. The third kappa shape index (κ3) is 3.70. The molecule has 0 atom stereocenters. The number of hydrogen-bond acceptors (Lipinski definition) is 3. The van der Waals surface area contributed by atoms with Crippen LogP contribution in [0.3, 0.4) is 0 Å². The number of benzene rings is 1. The maximum absolute atomic E-state index is 10.9. The number of aliphatic hydroxyl groups is 1. The lowest BCUT2D eigenvalue weighted by molar-refractivity contribution is -0.119. The molecule has 1 aliphatic heterocycles. The van der Waals surface area contributed by atoms with Gasteiger partial charge in [0.1, 0.15) is 0 Å². The maximum Gasteiger partial charge on any atom is 0.217 e. The molecule has 104 valence electrons. The van der Waals surface area contributed by atoms with Gasteiger partial charge in [0.2, 0.25) is 5.91 Å². The van der Waals surface area contributed by atoms with Crippen molar-refractivity contribution in [2.24, 2.45) is 11.7 Å². The average molecular weight is 327 g/mol. The average Bonchev–Trinajstić information content (AvgIpc) is 2.39. The molecular weight excluding hydrogens is 308 g/mol. The molecule has 2 rings (SSSR count). The van der Waals surface area contributed by atoms with Gasteiger partial charge in [-0.1, -0.05) is 6.07 Å². The van der Waals surface area contributed by atoms with Crippen molar-refractivity contribution in [3.63, 3.8) is 0 Å². The largest absolute Gasteiger partial charge is 0.392 e. The van der Waals surface area contributed by atoms with Crippen LogP contribution in [0.15, 0.2) is 22.7 Å². The molecule has 0 aromatic heterocycles. The molecule has 0 bridgehead atoms. The standard InChI is InChI=1S/C14H19BrN2O2/c15-12-7-11(9-18)1-2-13(12)17-5-3-10(4-6-17)8-14(16)19/h1-2,7,10,18H,3-6,8-9H2,(H2,16,19). The van der Waals surface area contributed by atoms with Gasteiger partial charge in [-0.2, -0.15) is 0 Å². The molecule has 0 spiro atoms. The highest BCUT2D eigenvalue weighted by Gasteiger charge is 2.21. The van der Waals surface area contributed by atoms with Crippen LogP contribution in [0.4, 0.5) is 5.69 Å². The summed E-state index contributed by atoms with van der Waals surface area (Å²) in [6, 6.07) is 5.92. The SMILES string of the molecule is NC(=O)CC1CCN(c2ccc(CO)cc2Br)CC1. The molecule has 1 aromatic rings. The zero-order valence-corrected chi connectivity index (χ0v) is 12.4. The Morgan fingerprint density at radius 3 is 2.63 bits per heavy atom. The lowest BCUT2D eigenvalue weighted by Gasteiger charge is -2.34. The molecule has 0 radical (unpaired) electrons. The summed E-state index contributed by atoms with van der Waals surface area (Å²) in [5.41, 5.74) is 7.29. The molecule has 1 fully saturated rings. The first-order valence-electron chi connectivity index (χ1n) is 6.52. The molecule has 1 aromatic carbocycles. The van der Waals surface area contributed by atoms with Gasteiger partial charge in [0.15, 0.2) is 0 Å². The van der Waals surface area contributed by atoms with Gasteiger partial charge in [-0.15, -0.1) is 0 Å². The Kier molecular flexibility index (Phi) is 4.82. The first-order valence-corrected chi connectivity index (χ1v) is 7.32. The minimum absolute atomic E-state index is 0.0551. The van der Waals surface area contributed by atoms with E-state index in [1.165, 1.54) is 0 Å². The van der Waals surface area contributed by atoms with Crippen molar-refractivity contribution in [1.29, 1.82) is 0 Å². The summed E-state index contributed by atoms with van der Waals surface area (Å²) in [5.74, 6) is 0.219. The second kappa shape index (κ2) is 6.39. The van der Waals surface area contributed by atoms with Crippen molar-refractivity contribution in [1.82, 2.24) is 0 Å². The minimum atomic E-state index is -0.202. The van der Waals surface area contributed by atoms with Gasteiger partial charge in [-0.3, -0.25) is 4.79 Å². The number of nitrogens with zero attached hydrogens (tertiary/aromatic N) is 1. The molecule has 0 aliphatic carbocycles. The molecule has 1 saturated heterocycles. The number of carbonyl (C=O) groups excluding carboxylic acids is 1. The topological polar surface area (TPSA) is 66.6 Å². The number of rotatable bonds is 4. The third-order valence-corrected chi connectivity index (χ3v) is 4.27. The van der Waals surface area contributed by atoms with E-state index in [4.69, 9.17) is 10.8 Å². The number of halogens is 1. The van der Waals surface area contributed by atoms with E-state index in [-0.39, 0.29) is 12.5 Å². The van der Waals surface area contributed by atoms with Crippen LogP contribution in [0.25, 0.3) is 0 Å². The zero-order valence-electron chi connectivity index (χ0n) is 10.8. The van der Waals surface area contributed by atoms with Gasteiger partial charge >= 0.3 is 0 Å². The summed E-state index contributed by atoms with van der Waals surface area (Å²) in [6.07, 6.45) is 2.49. The summed E-state index contributed by atoms with van der Waals surface area (Å²) in [6.45, 7) is 1.93. The second-order valence-electron chi connectivity index (χ2n) is 5.04. The van der Waals surface area contributed by atoms with E-state index in [0.29, 0.717) is 12.3 Å². The monoisotopic (exact) mass is 326 g/mol. The Labute approximate surface area is 121 Å². The molecular formula is C14H19BrN2O2. The fourth-order valence-corrected chi connectivity index (χ4v) is 3.24. The van der Waals surface area contributed by atoms with Crippen molar-refractivity contribution in [2.75, 3.05) is 18.0 Å². The van der Waals surface area contributed by atoms with Crippen LogP contribution in [-0.4, -0.2) is 24.1 Å². The normalized spacial score (nSPS) is 16.6. The maximum atomic E-state index is 10.9. The number of hydrogen-bond donors (Lipinski definition) is 2. The molecule has 0 unspecified atom stereocenters. The van der Waals surface area contributed by atoms with Gasteiger partial charge in [0.05, 0.1) is 12.3 Å². The number of anilines is 1. The van der Waals surface area contributed by atoms with Gasteiger partial charge in [0, 0.05) is 24.0 Å². The Morgan fingerprint density at radius 1 is 1.42 bits per heavy atom. The van der Waals surface area contributed by atoms with E-state index < -0.39 is 0 Å². The molecule has 1 amide bonds. The number of amides is 1. The Hall–Kier alpha value is -1.07. The fourth-order valence-electron chi connectivity index (χ4n) is 2.57. The van der Waals surface area contributed by atoms with Crippen molar-refractivity contribution >= 4 is 27.5 Å². The van der Waals surface area contributed by atoms with Crippen LogP contribution < -0.4 is 10.6 Å². The number of nitrogens with two attached hydrogens (primary N) is 1. The summed E-state index contributed by atoms with van der Waals surface area (Å²) >= 11 is 3.55. The quantitative estimate of drug-likeness (QED) is 0.889. The predicted molar refractivity (Wildman–Crippen MR) is 78.8 cm³/mol. The molecule has 3 N–H and O–H groups in total. The fraction of sp³-hybridized carbons (Fsp3) is 0.500. The number of aliphatic hydroxyl groups excluding tert-OH is 1. The lowest BCUT2D eigenvalue weighted by Crippen LogP contribution is -2.35. The molecule has 19 heavy (non-hydrogen) atoms. The van der Waals surface area contributed by atoms with Crippen LogP contribution in [-0.2, 0) is 11.4 Å². The Morgan fingerprint density at radius 2 is 2.11 bits per heavy atom. The van der Waals surface area contributed by atoms with Crippen LogP contribution in [0.2, 0.25) is 0 Å². The first kappa shape index (κ1) is 14.3. The highest BCUT2D eigenvalue weighted by atomic mass is 79.9. The van der Waals surface area contributed by atoms with E-state index in [9.17, 15) is 4.79 Å². The smallest absolute Gasteiger partial charge is 0.217 e. The summed E-state index contributed by atoms with van der Waals surface area (Å²) in [4.78, 5) is 13.2. The van der Waals surface area contributed by atoms with Crippen molar-refractivity contribution in [3.8, 4) is 0 Å². The molecule has 4 nitrogen and oxygen atoms in total. The van der Waals surface area contributed by atoms with Crippen LogP contribution in [0.5, 0.6) is 0 Å². The summed E-state index contributed by atoms with van der Waals surface area (Å²) in [7, 11) is 0. The molecule has 5 heteroatoms. The van der Waals surface area contributed by atoms with Crippen molar-refractivity contribution < 1.29 is 9.90 Å². The highest BCUT2D eigenvalue weighted by molar-refractivity contribution is 9.10. The van der Waals surface area contributed by atoms with Gasteiger partial charge in [-0.05, 0) is 52.4 Å². The van der Waals surface area contributed by atoms with E-state index in [2.05, 4.69) is 20.8 Å². The van der Waals surface area contributed by atoms with Gasteiger partial charge in [-0.25, -0.2) is 0 Å². The minimum Gasteiger partial charge on any atom is -0.392 e. The van der Waals surface area contributed by atoms with E-state index in [0.717, 1.165) is 41.7 Å². The van der Waals surface area contributed by atoms with Gasteiger partial charge in [0.25, 0.3) is 0 Å². The van der Waals surface area contributed by atoms with Crippen LogP contribution in [0, 0.1) is 5.92 Å². The Balaban J connectivity index is 1.99. The van der Waals surface area contributed by atoms with Crippen molar-refractivity contribution in [3.05, 3.63) is 28.2 Å². The van der Waals surface area contributed by atoms with Crippen LogP contribution in [0.1, 0.15) is 24.8 Å². The second-order valence-corrected chi connectivity index (χ2v) is 5.90. The highest BCUT2D eigenvalue weighted by Crippen LogP contribution is 2.31. The molecule has 0 saturated carbocycles. The summed E-state index contributed by atoms with van der Waals surface area (Å²) in [5, 5.41) is 9.10. The molecule has 1 aliphatic rings. The predicted octanol–water partition coefficient (Wildman–Crippen LogP) is 2.03. The lowest BCUT2D eigenvalue weighted by atomic mass is 9.93. The Bertz CT molecular complexity index is 457. The molecule has 1 heterocycles. The number of piperidine rings is 1. The summed E-state index contributed by atoms with van der Waals surface area (Å²) < 4.78 is 1.01.